The molecule has 7 heteroatoms. The lowest BCUT2D eigenvalue weighted by molar-refractivity contribution is -0.131. The highest BCUT2D eigenvalue weighted by molar-refractivity contribution is 6.41. The zero-order valence-electron chi connectivity index (χ0n) is 7.88. The molecule has 1 rings (SSSR count). The van der Waals surface area contributed by atoms with Gasteiger partial charge in [0.25, 0.3) is 5.78 Å². The molecule has 0 fully saturated rings. The number of benzene rings is 1. The fraction of sp³-hybridized carbons (Fsp3) is 0.111. The van der Waals surface area contributed by atoms with Crippen molar-refractivity contribution >= 4 is 23.4 Å². The van der Waals surface area contributed by atoms with Crippen LogP contribution >= 0.6 is 11.6 Å². The van der Waals surface area contributed by atoms with E-state index >= 15 is 0 Å². The highest BCUT2D eigenvalue weighted by atomic mass is 35.5. The molecule has 0 amide bonds. The molecule has 0 saturated heterocycles. The number of hydrogen-bond acceptors (Lipinski definition) is 3. The van der Waals surface area contributed by atoms with Crippen molar-refractivity contribution in [3.05, 3.63) is 28.3 Å². The van der Waals surface area contributed by atoms with E-state index in [0.717, 1.165) is 7.11 Å². The van der Waals surface area contributed by atoms with Gasteiger partial charge < -0.3 is 9.84 Å². The lowest BCUT2D eigenvalue weighted by atomic mass is 10.1. The van der Waals surface area contributed by atoms with Crippen LogP contribution < -0.4 is 4.74 Å². The van der Waals surface area contributed by atoms with Gasteiger partial charge in [-0.1, -0.05) is 11.6 Å². The second-order valence-electron chi connectivity index (χ2n) is 2.70. The number of carboxylic acids is 1. The number of Topliss-reactive ketones (excluding diaryl/α,β-unsaturated/α-hetero) is 1. The number of halogens is 3. The van der Waals surface area contributed by atoms with Crippen molar-refractivity contribution in [1.82, 2.24) is 0 Å². The van der Waals surface area contributed by atoms with Crippen molar-refractivity contribution in [2.45, 2.75) is 0 Å². The second-order valence-corrected chi connectivity index (χ2v) is 3.08. The summed E-state index contributed by atoms with van der Waals surface area (Å²) >= 11 is 5.41. The Hall–Kier alpha value is -1.69. The molecule has 1 aromatic rings. The number of carbonyl (C=O) groups is 2. The average molecular weight is 251 g/mol. The highest BCUT2D eigenvalue weighted by Crippen LogP contribution is 2.31. The summed E-state index contributed by atoms with van der Waals surface area (Å²) in [7, 11) is 1.12. The molecule has 4 nitrogen and oxygen atoms in total. The molecule has 0 aromatic heterocycles. The molecule has 0 aliphatic rings. The van der Waals surface area contributed by atoms with E-state index in [1.807, 2.05) is 0 Å². The van der Waals surface area contributed by atoms with Gasteiger partial charge in [0.2, 0.25) is 0 Å². The molecule has 0 radical (unpaired) electrons. The number of hydrogen-bond donors (Lipinski definition) is 1. The van der Waals surface area contributed by atoms with E-state index in [-0.39, 0.29) is 5.75 Å². The molecule has 0 aliphatic heterocycles. The summed E-state index contributed by atoms with van der Waals surface area (Å²) in [4.78, 5) is 21.3. The van der Waals surface area contributed by atoms with Crippen LogP contribution in [0.15, 0.2) is 6.07 Å². The topological polar surface area (TPSA) is 63.6 Å². The minimum Gasteiger partial charge on any atom is -0.495 e. The predicted molar refractivity (Wildman–Crippen MR) is 49.9 cm³/mol. The first kappa shape index (κ1) is 12.4. The zero-order chi connectivity index (χ0) is 12.5. The van der Waals surface area contributed by atoms with Crippen LogP contribution in [0, 0.1) is 11.6 Å². The van der Waals surface area contributed by atoms with Crippen LogP contribution in [0.4, 0.5) is 8.78 Å². The van der Waals surface area contributed by atoms with E-state index < -0.39 is 34.0 Å². The summed E-state index contributed by atoms with van der Waals surface area (Å²) in [5.41, 5.74) is -1.21. The monoisotopic (exact) mass is 250 g/mol. The lowest BCUT2D eigenvalue weighted by Crippen LogP contribution is -2.17. The quantitative estimate of drug-likeness (QED) is 0.505. The molecule has 1 aromatic carbocycles. The third-order valence-corrected chi connectivity index (χ3v) is 2.12. The van der Waals surface area contributed by atoms with Crippen molar-refractivity contribution in [2.24, 2.45) is 0 Å². The van der Waals surface area contributed by atoms with Gasteiger partial charge in [-0.05, 0) is 0 Å². The molecule has 0 bridgehead atoms. The summed E-state index contributed by atoms with van der Waals surface area (Å²) in [6, 6.07) is 0.640. The summed E-state index contributed by atoms with van der Waals surface area (Å²) in [5.74, 6) is -6.80. The number of rotatable bonds is 3. The standard InChI is InChI=1S/C9H5ClF2O4/c1-16-4-2-3(11)5(7(12)6(4)10)8(13)9(14)15/h2H,1H3,(H,14,15). The van der Waals surface area contributed by atoms with E-state index in [1.54, 1.807) is 0 Å². The fourth-order valence-electron chi connectivity index (χ4n) is 1.04. The summed E-state index contributed by atoms with van der Waals surface area (Å²) < 4.78 is 31.1. The first-order valence-corrected chi connectivity index (χ1v) is 4.27. The van der Waals surface area contributed by atoms with Gasteiger partial charge in [0.05, 0.1) is 7.11 Å². The van der Waals surface area contributed by atoms with E-state index in [2.05, 4.69) is 4.74 Å². The number of aliphatic carboxylic acids is 1. The van der Waals surface area contributed by atoms with E-state index in [4.69, 9.17) is 16.7 Å². The maximum Gasteiger partial charge on any atom is 0.377 e. The largest absolute Gasteiger partial charge is 0.495 e. The van der Waals surface area contributed by atoms with Crippen LogP contribution in [0.1, 0.15) is 10.4 Å². The number of ether oxygens (including phenoxy) is 1. The Morgan fingerprint density at radius 3 is 2.44 bits per heavy atom. The maximum absolute atomic E-state index is 13.4. The van der Waals surface area contributed by atoms with Gasteiger partial charge in [0, 0.05) is 6.07 Å². The van der Waals surface area contributed by atoms with Crippen LogP contribution in [0.5, 0.6) is 5.75 Å². The minimum atomic E-state index is -1.97. The number of carbonyl (C=O) groups excluding carboxylic acids is 1. The van der Waals surface area contributed by atoms with Gasteiger partial charge in [0.15, 0.2) is 5.82 Å². The lowest BCUT2D eigenvalue weighted by Gasteiger charge is -2.07. The second kappa shape index (κ2) is 4.44. The third-order valence-electron chi connectivity index (χ3n) is 1.77. The van der Waals surface area contributed by atoms with Gasteiger partial charge in [-0.2, -0.15) is 0 Å². The molecule has 0 atom stereocenters. The zero-order valence-corrected chi connectivity index (χ0v) is 8.64. The Morgan fingerprint density at radius 2 is 2.00 bits per heavy atom. The van der Waals surface area contributed by atoms with Crippen molar-refractivity contribution in [3.8, 4) is 5.75 Å². The van der Waals surface area contributed by atoms with Gasteiger partial charge in [-0.25, -0.2) is 13.6 Å². The van der Waals surface area contributed by atoms with E-state index in [0.29, 0.717) is 6.07 Å². The van der Waals surface area contributed by atoms with Crippen LogP contribution in [0.3, 0.4) is 0 Å². The molecule has 86 valence electrons. The molecule has 0 aliphatic carbocycles. The Kier molecular flexibility index (Phi) is 3.44. The Labute approximate surface area is 93.4 Å². The molecular formula is C9H5ClF2O4. The third kappa shape index (κ3) is 1.96. The summed E-state index contributed by atoms with van der Waals surface area (Å²) in [6.07, 6.45) is 0. The van der Waals surface area contributed by atoms with Crippen LogP contribution in [-0.4, -0.2) is 24.0 Å². The molecular weight excluding hydrogens is 246 g/mol. The first-order valence-electron chi connectivity index (χ1n) is 3.89. The Bertz CT molecular complexity index is 473. The average Bonchev–Trinajstić information content (AvgIpc) is 2.23. The Balaban J connectivity index is 3.48. The predicted octanol–water partition coefficient (Wildman–Crippen LogP) is 1.89. The molecule has 0 saturated carbocycles. The highest BCUT2D eigenvalue weighted by Gasteiger charge is 2.27. The van der Waals surface area contributed by atoms with Gasteiger partial charge in [0.1, 0.15) is 22.2 Å². The fourth-order valence-corrected chi connectivity index (χ4v) is 1.26. The van der Waals surface area contributed by atoms with E-state index in [1.165, 1.54) is 0 Å². The van der Waals surface area contributed by atoms with Gasteiger partial charge in [-0.3, -0.25) is 4.79 Å². The minimum absolute atomic E-state index is 0.321. The smallest absolute Gasteiger partial charge is 0.377 e. The van der Waals surface area contributed by atoms with Gasteiger partial charge in [-0.15, -0.1) is 0 Å². The Morgan fingerprint density at radius 1 is 1.44 bits per heavy atom. The maximum atomic E-state index is 13.4. The van der Waals surface area contributed by atoms with Crippen LogP contribution in [0.2, 0.25) is 5.02 Å². The SMILES string of the molecule is COc1cc(F)c(C(=O)C(=O)O)c(F)c1Cl. The van der Waals surface area contributed by atoms with Crippen molar-refractivity contribution < 1.29 is 28.2 Å². The van der Waals surface area contributed by atoms with Gasteiger partial charge >= 0.3 is 5.97 Å². The molecule has 16 heavy (non-hydrogen) atoms. The normalized spacial score (nSPS) is 10.0. The van der Waals surface area contributed by atoms with E-state index in [9.17, 15) is 18.4 Å². The number of carboxylic acid groups (broad SMARTS) is 1. The van der Waals surface area contributed by atoms with Crippen molar-refractivity contribution in [3.63, 3.8) is 0 Å². The van der Waals surface area contributed by atoms with Crippen molar-refractivity contribution in [1.29, 1.82) is 0 Å². The van der Waals surface area contributed by atoms with Crippen molar-refractivity contribution in [2.75, 3.05) is 7.11 Å². The summed E-state index contributed by atoms with van der Waals surface area (Å²) in [6.45, 7) is 0. The molecule has 1 N–H and O–H groups in total. The van der Waals surface area contributed by atoms with Crippen LogP contribution in [0.25, 0.3) is 0 Å². The molecule has 0 unspecified atom stereocenters. The number of ketones is 1. The molecule has 0 heterocycles. The first-order chi connectivity index (χ1) is 7.40. The number of methoxy groups -OCH3 is 1. The van der Waals surface area contributed by atoms with Crippen LogP contribution in [-0.2, 0) is 4.79 Å². The summed E-state index contributed by atoms with van der Waals surface area (Å²) in [5, 5.41) is 7.70. The molecule has 0 spiro atoms.